The van der Waals surface area contributed by atoms with Crippen molar-refractivity contribution in [2.45, 2.75) is 45.1 Å². The van der Waals surface area contributed by atoms with E-state index in [4.69, 9.17) is 15.2 Å². The highest BCUT2D eigenvalue weighted by molar-refractivity contribution is 7.12. The molecule has 1 atom stereocenters. The highest BCUT2D eigenvalue weighted by Crippen LogP contribution is 2.34. The second-order valence-electron chi connectivity index (χ2n) is 9.83. The van der Waals surface area contributed by atoms with Crippen molar-refractivity contribution in [1.29, 1.82) is 0 Å². The Morgan fingerprint density at radius 2 is 1.68 bits per heavy atom. The van der Waals surface area contributed by atoms with Crippen LogP contribution >= 0.6 is 11.3 Å². The quantitative estimate of drug-likeness (QED) is 0.451. The lowest BCUT2D eigenvalue weighted by Gasteiger charge is -2.41. The molecule has 0 spiro atoms. The fraction of sp³-hybridized carbons (Fsp3) is 0.367. The lowest BCUT2D eigenvalue weighted by Crippen LogP contribution is -2.53. The molecule has 0 bridgehead atoms. The van der Waals surface area contributed by atoms with E-state index in [0.29, 0.717) is 6.04 Å². The van der Waals surface area contributed by atoms with E-state index < -0.39 is 11.9 Å². The Bertz CT molecular complexity index is 1270. The molecule has 7 nitrogen and oxygen atoms in total. The minimum absolute atomic E-state index is 0.296. The van der Waals surface area contributed by atoms with E-state index in [1.54, 1.807) is 0 Å². The van der Waals surface area contributed by atoms with Gasteiger partial charge in [-0.15, -0.1) is 11.3 Å². The number of likely N-dealkylation sites (N-methyl/N-ethyl adjacent to an activating group) is 1. The number of carbonyl (C=O) groups is 2. The van der Waals surface area contributed by atoms with Crippen LogP contribution in [0.2, 0.25) is 0 Å². The van der Waals surface area contributed by atoms with Crippen molar-refractivity contribution in [3.8, 4) is 0 Å². The Hall–Kier alpha value is -3.49. The maximum atomic E-state index is 9.64. The van der Waals surface area contributed by atoms with Gasteiger partial charge in [-0.3, -0.25) is 14.5 Å². The number of para-hydroxylation sites is 1. The average Bonchev–Trinajstić information content (AvgIpc) is 3.19. The Morgan fingerprint density at radius 3 is 2.39 bits per heavy atom. The molecule has 0 aliphatic carbocycles. The van der Waals surface area contributed by atoms with Crippen LogP contribution in [0, 0.1) is 6.92 Å². The molecule has 3 heterocycles. The second kappa shape index (κ2) is 12.8. The van der Waals surface area contributed by atoms with Crippen LogP contribution in [0.3, 0.4) is 0 Å². The van der Waals surface area contributed by atoms with Gasteiger partial charge in [0.15, 0.2) is 0 Å². The van der Waals surface area contributed by atoms with E-state index >= 15 is 0 Å². The van der Waals surface area contributed by atoms with Crippen LogP contribution in [0.15, 0.2) is 65.7 Å². The predicted molar refractivity (Wildman–Crippen MR) is 152 cm³/mol. The number of piperazine rings is 1. The van der Waals surface area contributed by atoms with Crippen molar-refractivity contribution < 1.29 is 19.8 Å². The smallest absolute Gasteiger partial charge is 0.303 e. The highest BCUT2D eigenvalue weighted by Gasteiger charge is 2.29. The molecule has 0 radical (unpaired) electrons. The van der Waals surface area contributed by atoms with Gasteiger partial charge in [0.25, 0.3) is 0 Å². The molecule has 38 heavy (non-hydrogen) atoms. The molecule has 200 valence electrons. The summed E-state index contributed by atoms with van der Waals surface area (Å²) in [5.74, 6) is -0.975. The standard InChI is InChI=1S/C26H29N3S.C4H6O4/c1-19-16-23-25(30-19)17-21-10-6-7-11-24(21)27-26(23)29-15-14-28(2)22(18-29)13-12-20-8-4-3-5-9-20;5-3(6)1-2-4(7)8/h3-11,16,22H,12-15,17-18H2,1-2H3;1-2H2,(H,5,6)(H,7,8)/t22-;/m0./s1. The minimum atomic E-state index is -1.08. The SMILES string of the molecule is Cc1cc2c(s1)Cc1ccccc1N=C2N1CCN(C)[C@@H](CCc2ccccc2)C1.O=C(O)CCC(=O)O. The van der Waals surface area contributed by atoms with E-state index in [9.17, 15) is 9.59 Å². The summed E-state index contributed by atoms with van der Waals surface area (Å²) in [5, 5.41) is 15.8. The maximum absolute atomic E-state index is 9.64. The van der Waals surface area contributed by atoms with Crippen LogP contribution in [0.25, 0.3) is 0 Å². The van der Waals surface area contributed by atoms with Gasteiger partial charge in [-0.1, -0.05) is 48.5 Å². The van der Waals surface area contributed by atoms with Crippen LogP contribution in [0.4, 0.5) is 5.69 Å². The molecule has 0 amide bonds. The maximum Gasteiger partial charge on any atom is 0.303 e. The average molecular weight is 534 g/mol. The fourth-order valence-electron chi connectivity index (χ4n) is 4.88. The van der Waals surface area contributed by atoms with E-state index in [0.717, 1.165) is 38.2 Å². The zero-order valence-electron chi connectivity index (χ0n) is 22.0. The summed E-state index contributed by atoms with van der Waals surface area (Å²) in [7, 11) is 2.28. The Balaban J connectivity index is 0.000000368. The molecule has 3 aromatic rings. The number of fused-ring (bicyclic) bond motifs is 2. The first-order chi connectivity index (χ1) is 18.3. The van der Waals surface area contributed by atoms with Crippen molar-refractivity contribution in [2.24, 2.45) is 4.99 Å². The number of amidine groups is 1. The van der Waals surface area contributed by atoms with Gasteiger partial charge in [-0.2, -0.15) is 0 Å². The van der Waals surface area contributed by atoms with Crippen LogP contribution < -0.4 is 0 Å². The van der Waals surface area contributed by atoms with Crippen molar-refractivity contribution >= 4 is 34.8 Å². The van der Waals surface area contributed by atoms with Gasteiger partial charge in [0, 0.05) is 47.4 Å². The zero-order valence-corrected chi connectivity index (χ0v) is 22.8. The summed E-state index contributed by atoms with van der Waals surface area (Å²) >= 11 is 1.93. The summed E-state index contributed by atoms with van der Waals surface area (Å²) in [6.45, 7) is 5.38. The number of aliphatic imine (C=N–C) groups is 1. The number of carboxylic acids is 2. The number of carboxylic acid groups (broad SMARTS) is 2. The first-order valence-corrected chi connectivity index (χ1v) is 13.8. The third-order valence-electron chi connectivity index (χ3n) is 6.98. The summed E-state index contributed by atoms with van der Waals surface area (Å²) in [6.07, 6.45) is 2.70. The van der Waals surface area contributed by atoms with Crippen molar-refractivity contribution in [3.63, 3.8) is 0 Å². The highest BCUT2D eigenvalue weighted by atomic mass is 32.1. The van der Waals surface area contributed by atoms with Gasteiger partial charge >= 0.3 is 11.9 Å². The van der Waals surface area contributed by atoms with E-state index in [1.807, 2.05) is 11.3 Å². The summed E-state index contributed by atoms with van der Waals surface area (Å²) in [5.41, 5.74) is 5.25. The lowest BCUT2D eigenvalue weighted by atomic mass is 10.0. The second-order valence-corrected chi connectivity index (χ2v) is 11.2. The Morgan fingerprint density at radius 1 is 1.00 bits per heavy atom. The van der Waals surface area contributed by atoms with Crippen molar-refractivity contribution in [2.75, 3.05) is 26.7 Å². The van der Waals surface area contributed by atoms with Gasteiger partial charge in [0.05, 0.1) is 18.5 Å². The summed E-state index contributed by atoms with van der Waals surface area (Å²) < 4.78 is 0. The predicted octanol–water partition coefficient (Wildman–Crippen LogP) is 5.22. The number of rotatable bonds is 6. The van der Waals surface area contributed by atoms with E-state index in [-0.39, 0.29) is 12.8 Å². The topological polar surface area (TPSA) is 93.4 Å². The lowest BCUT2D eigenvalue weighted by molar-refractivity contribution is -0.143. The zero-order chi connectivity index (χ0) is 27.1. The molecule has 1 aromatic heterocycles. The molecule has 1 fully saturated rings. The number of aryl methyl sites for hydroxylation is 2. The largest absolute Gasteiger partial charge is 0.481 e. The van der Waals surface area contributed by atoms with E-state index in [2.05, 4.69) is 84.4 Å². The summed E-state index contributed by atoms with van der Waals surface area (Å²) in [4.78, 5) is 32.4. The minimum Gasteiger partial charge on any atom is -0.481 e. The van der Waals surface area contributed by atoms with Gasteiger partial charge in [0.2, 0.25) is 0 Å². The van der Waals surface area contributed by atoms with Gasteiger partial charge in [-0.25, -0.2) is 4.99 Å². The van der Waals surface area contributed by atoms with Gasteiger partial charge in [-0.05, 0) is 50.1 Å². The first kappa shape index (κ1) is 27.5. The van der Waals surface area contributed by atoms with Crippen LogP contribution in [0.1, 0.15) is 45.7 Å². The molecule has 8 heteroatoms. The van der Waals surface area contributed by atoms with Crippen LogP contribution in [0.5, 0.6) is 0 Å². The van der Waals surface area contributed by atoms with E-state index in [1.165, 1.54) is 38.7 Å². The Kier molecular flexibility index (Phi) is 9.31. The third kappa shape index (κ3) is 7.30. The number of benzene rings is 2. The number of hydrogen-bond acceptors (Lipinski definition) is 6. The summed E-state index contributed by atoms with van der Waals surface area (Å²) in [6, 6.07) is 22.4. The molecule has 0 saturated carbocycles. The first-order valence-electron chi connectivity index (χ1n) is 13.0. The molecular weight excluding hydrogens is 498 g/mol. The van der Waals surface area contributed by atoms with Crippen molar-refractivity contribution in [1.82, 2.24) is 9.80 Å². The molecule has 2 aliphatic heterocycles. The van der Waals surface area contributed by atoms with Crippen molar-refractivity contribution in [3.05, 3.63) is 87.1 Å². The Labute approximate surface area is 228 Å². The molecule has 2 aliphatic rings. The third-order valence-corrected chi connectivity index (χ3v) is 8.03. The number of thiophene rings is 1. The number of hydrogen-bond donors (Lipinski definition) is 2. The fourth-order valence-corrected chi connectivity index (χ4v) is 5.94. The molecule has 5 rings (SSSR count). The number of nitrogens with zero attached hydrogens (tertiary/aromatic N) is 3. The van der Waals surface area contributed by atoms with Gasteiger partial charge in [0.1, 0.15) is 5.84 Å². The molecular formula is C30H35N3O4S. The van der Waals surface area contributed by atoms with Crippen LogP contribution in [-0.2, 0) is 22.4 Å². The molecule has 2 aromatic carbocycles. The number of aliphatic carboxylic acids is 2. The molecule has 1 saturated heterocycles. The van der Waals surface area contributed by atoms with Gasteiger partial charge < -0.3 is 15.1 Å². The normalized spacial score (nSPS) is 16.8. The molecule has 2 N–H and O–H groups in total. The van der Waals surface area contributed by atoms with Crippen LogP contribution in [-0.4, -0.2) is 70.5 Å². The monoisotopic (exact) mass is 533 g/mol. The molecule has 0 unspecified atom stereocenters.